The molecule has 6 heteroatoms. The van der Waals surface area contributed by atoms with Crippen LogP contribution in [0, 0.1) is 0 Å². The summed E-state index contributed by atoms with van der Waals surface area (Å²) in [6.45, 7) is 0.0876. The highest BCUT2D eigenvalue weighted by atomic mass is 35.5. The Bertz CT molecular complexity index is 410. The van der Waals surface area contributed by atoms with Gasteiger partial charge in [0.25, 0.3) is 0 Å². The second-order valence-corrected chi connectivity index (χ2v) is 4.15. The lowest BCUT2D eigenvalue weighted by molar-refractivity contribution is -0.0841. The number of benzene rings is 1. The largest absolute Gasteiger partial charge is 0.427 e. The summed E-state index contributed by atoms with van der Waals surface area (Å²) in [4.78, 5) is 0. The van der Waals surface area contributed by atoms with Crippen molar-refractivity contribution in [1.82, 2.24) is 0 Å². The van der Waals surface area contributed by atoms with Gasteiger partial charge in [0.05, 0.1) is 0 Å². The second kappa shape index (κ2) is 5.76. The molecule has 17 heavy (non-hydrogen) atoms. The fourth-order valence-corrected chi connectivity index (χ4v) is 1.68. The molecule has 0 saturated heterocycles. The molecule has 0 radical (unpaired) electrons. The summed E-state index contributed by atoms with van der Waals surface area (Å²) in [7, 11) is 0. The Labute approximate surface area is 107 Å². The third-order valence-electron chi connectivity index (χ3n) is 2.10. The number of alkyl halides is 3. The van der Waals surface area contributed by atoms with E-state index in [0.717, 1.165) is 0 Å². The smallest absolute Gasteiger partial charge is 0.330 e. The first kappa shape index (κ1) is 14.4. The van der Waals surface area contributed by atoms with E-state index in [2.05, 4.69) is 0 Å². The Morgan fingerprint density at radius 2 is 1.71 bits per heavy atom. The number of rotatable bonds is 3. The first-order chi connectivity index (χ1) is 7.86. The van der Waals surface area contributed by atoms with E-state index in [1.54, 1.807) is 0 Å². The summed E-state index contributed by atoms with van der Waals surface area (Å²) in [5.41, 5.74) is 5.65. The van der Waals surface area contributed by atoms with Crippen molar-refractivity contribution >= 4 is 28.8 Å². The molecule has 1 aromatic carbocycles. The molecule has 94 valence electrons. The van der Waals surface area contributed by atoms with Crippen molar-refractivity contribution in [2.75, 3.05) is 6.54 Å². The van der Waals surface area contributed by atoms with Crippen molar-refractivity contribution < 1.29 is 13.2 Å². The van der Waals surface area contributed by atoms with Crippen LogP contribution in [-0.4, -0.2) is 12.7 Å². The summed E-state index contributed by atoms with van der Waals surface area (Å²) in [5.74, 6) is 0. The maximum absolute atomic E-state index is 12.5. The number of halogens is 5. The molecule has 1 rings (SSSR count). The molecular formula is C11H10Cl2F3N. The minimum atomic E-state index is -4.56. The Kier molecular flexibility index (Phi) is 4.86. The molecule has 1 aromatic rings. The zero-order valence-corrected chi connectivity index (χ0v) is 10.2. The van der Waals surface area contributed by atoms with Crippen LogP contribution in [0.15, 0.2) is 29.3 Å². The van der Waals surface area contributed by atoms with E-state index >= 15 is 0 Å². The zero-order chi connectivity index (χ0) is 13.1. The van der Waals surface area contributed by atoms with Gasteiger partial charge in [-0.2, -0.15) is 13.2 Å². The highest BCUT2D eigenvalue weighted by Crippen LogP contribution is 2.36. The maximum Gasteiger partial charge on any atom is 0.427 e. The summed E-state index contributed by atoms with van der Waals surface area (Å²) < 4.78 is 37.6. The van der Waals surface area contributed by atoms with Gasteiger partial charge in [-0.1, -0.05) is 35.3 Å². The normalized spacial score (nSPS) is 13.5. The molecule has 0 bridgehead atoms. The molecule has 0 unspecified atom stereocenters. The quantitative estimate of drug-likeness (QED) is 0.884. The zero-order valence-electron chi connectivity index (χ0n) is 8.69. The van der Waals surface area contributed by atoms with Crippen LogP contribution in [0.5, 0.6) is 0 Å². The number of nitrogens with two attached hydrogens (primary N) is 1. The van der Waals surface area contributed by atoms with Gasteiger partial charge in [-0.3, -0.25) is 0 Å². The van der Waals surface area contributed by atoms with Crippen LogP contribution in [0.4, 0.5) is 13.2 Å². The fraction of sp³-hybridized carbons (Fsp3) is 0.273. The van der Waals surface area contributed by atoms with Crippen molar-refractivity contribution in [2.24, 2.45) is 5.73 Å². The molecule has 0 fully saturated rings. The molecule has 2 N–H and O–H groups in total. The van der Waals surface area contributed by atoms with Crippen LogP contribution in [0.25, 0.3) is 5.57 Å². The van der Waals surface area contributed by atoms with Gasteiger partial charge in [0, 0.05) is 5.02 Å². The molecule has 0 saturated carbocycles. The number of allylic oxidation sites excluding steroid dienone is 1. The molecule has 0 amide bonds. The van der Waals surface area contributed by atoms with E-state index in [-0.39, 0.29) is 18.5 Å². The summed E-state index contributed by atoms with van der Waals surface area (Å²) >= 11 is 11.0. The second-order valence-electron chi connectivity index (χ2n) is 3.34. The van der Waals surface area contributed by atoms with Crippen LogP contribution >= 0.6 is 23.2 Å². The lowest BCUT2D eigenvalue weighted by Gasteiger charge is -2.13. The summed E-state index contributed by atoms with van der Waals surface area (Å²) in [6.07, 6.45) is -4.51. The third-order valence-corrected chi connectivity index (χ3v) is 2.80. The van der Waals surface area contributed by atoms with E-state index in [4.69, 9.17) is 28.9 Å². The van der Waals surface area contributed by atoms with E-state index in [0.29, 0.717) is 10.6 Å². The molecule has 0 aliphatic carbocycles. The Morgan fingerprint density at radius 1 is 1.18 bits per heavy atom. The summed E-state index contributed by atoms with van der Waals surface area (Å²) in [6, 6.07) is 5.99. The van der Waals surface area contributed by atoms with Gasteiger partial charge in [0.1, 0.15) is 5.03 Å². The SMILES string of the molecule is NCC/C(=C(/Cl)C(F)(F)F)c1ccc(Cl)cc1. The lowest BCUT2D eigenvalue weighted by atomic mass is 10.0. The van der Waals surface area contributed by atoms with Crippen LogP contribution in [-0.2, 0) is 0 Å². The molecule has 0 atom stereocenters. The number of hydrogen-bond donors (Lipinski definition) is 1. The van der Waals surface area contributed by atoms with Crippen molar-refractivity contribution in [3.63, 3.8) is 0 Å². The van der Waals surface area contributed by atoms with Crippen molar-refractivity contribution in [2.45, 2.75) is 12.6 Å². The molecule has 0 aromatic heterocycles. The van der Waals surface area contributed by atoms with Gasteiger partial charge in [0.2, 0.25) is 0 Å². The van der Waals surface area contributed by atoms with E-state index in [9.17, 15) is 13.2 Å². The van der Waals surface area contributed by atoms with Crippen molar-refractivity contribution in [1.29, 1.82) is 0 Å². The molecule has 0 spiro atoms. The monoisotopic (exact) mass is 283 g/mol. The molecule has 0 aliphatic rings. The Hall–Kier alpha value is -0.710. The average molecular weight is 284 g/mol. The van der Waals surface area contributed by atoms with Gasteiger partial charge in [0.15, 0.2) is 0 Å². The highest BCUT2D eigenvalue weighted by molar-refractivity contribution is 6.33. The molecular weight excluding hydrogens is 274 g/mol. The van der Waals surface area contributed by atoms with E-state index in [1.165, 1.54) is 24.3 Å². The van der Waals surface area contributed by atoms with Gasteiger partial charge >= 0.3 is 6.18 Å². The van der Waals surface area contributed by atoms with Crippen molar-refractivity contribution in [3.05, 3.63) is 39.9 Å². The van der Waals surface area contributed by atoms with E-state index in [1.807, 2.05) is 0 Å². The van der Waals surface area contributed by atoms with Crippen LogP contribution in [0.3, 0.4) is 0 Å². The predicted molar refractivity (Wildman–Crippen MR) is 64.0 cm³/mol. The fourth-order valence-electron chi connectivity index (χ4n) is 1.35. The van der Waals surface area contributed by atoms with Crippen LogP contribution < -0.4 is 5.73 Å². The predicted octanol–water partition coefficient (Wildman–Crippen LogP) is 4.20. The third kappa shape index (κ3) is 3.91. The number of hydrogen-bond acceptors (Lipinski definition) is 1. The Morgan fingerprint density at radius 3 is 2.12 bits per heavy atom. The van der Waals surface area contributed by atoms with E-state index < -0.39 is 11.2 Å². The summed E-state index contributed by atoms with van der Waals surface area (Å²) in [5, 5.41) is -0.686. The van der Waals surface area contributed by atoms with Gasteiger partial charge in [-0.25, -0.2) is 0 Å². The molecule has 1 nitrogen and oxygen atoms in total. The van der Waals surface area contributed by atoms with Gasteiger partial charge in [-0.05, 0) is 36.2 Å². The minimum Gasteiger partial charge on any atom is -0.330 e. The average Bonchev–Trinajstić information content (AvgIpc) is 2.25. The van der Waals surface area contributed by atoms with Crippen molar-refractivity contribution in [3.8, 4) is 0 Å². The topological polar surface area (TPSA) is 26.0 Å². The highest BCUT2D eigenvalue weighted by Gasteiger charge is 2.35. The lowest BCUT2D eigenvalue weighted by Crippen LogP contribution is -2.11. The van der Waals surface area contributed by atoms with Crippen LogP contribution in [0.1, 0.15) is 12.0 Å². The molecule has 0 aliphatic heterocycles. The first-order valence-electron chi connectivity index (χ1n) is 4.78. The standard InChI is InChI=1S/C11H10Cl2F3N/c12-8-3-1-7(2-4-8)9(5-6-17)10(13)11(14,15)16/h1-4H,5-6,17H2/b10-9-. The van der Waals surface area contributed by atoms with Gasteiger partial charge in [-0.15, -0.1) is 0 Å². The van der Waals surface area contributed by atoms with Crippen LogP contribution in [0.2, 0.25) is 5.02 Å². The minimum absolute atomic E-state index is 0.0154. The molecule has 0 heterocycles. The Balaban J connectivity index is 3.22. The first-order valence-corrected chi connectivity index (χ1v) is 5.53. The van der Waals surface area contributed by atoms with Gasteiger partial charge < -0.3 is 5.73 Å². The maximum atomic E-state index is 12.5.